The number of nitrogens with one attached hydrogen (secondary N) is 1. The largest absolute Gasteiger partial charge is 0.263 e. The number of hydrogen-bond acceptors (Lipinski definition) is 4. The number of rotatable bonds is 1. The second-order valence-electron chi connectivity index (χ2n) is 2.32. The molecule has 1 N–H and O–H groups in total. The van der Waals surface area contributed by atoms with Gasteiger partial charge in [-0.05, 0) is 13.0 Å². The van der Waals surface area contributed by atoms with Gasteiger partial charge in [-0.25, -0.2) is 15.0 Å². The van der Waals surface area contributed by atoms with Crippen LogP contribution in [0.4, 0.5) is 0 Å². The zero-order chi connectivity index (χ0) is 8.39. The summed E-state index contributed by atoms with van der Waals surface area (Å²) in [6.07, 6.45) is 3.32. The third kappa shape index (κ3) is 1.16. The highest BCUT2D eigenvalue weighted by Gasteiger charge is 2.04. The summed E-state index contributed by atoms with van der Waals surface area (Å²) in [5.41, 5.74) is 0. The third-order valence-electron chi connectivity index (χ3n) is 1.36. The molecular weight excluding hydrogens is 154 g/mol. The molecule has 0 atom stereocenters. The minimum atomic E-state index is 0.535. The van der Waals surface area contributed by atoms with Gasteiger partial charge in [0.15, 0.2) is 5.82 Å². The van der Waals surface area contributed by atoms with E-state index < -0.39 is 0 Å². The quantitative estimate of drug-likeness (QED) is 0.663. The Kier molecular flexibility index (Phi) is 1.55. The summed E-state index contributed by atoms with van der Waals surface area (Å²) in [5.74, 6) is 1.84. The molecule has 0 aromatic carbocycles. The van der Waals surface area contributed by atoms with Gasteiger partial charge in [0.05, 0.1) is 0 Å². The molecule has 0 fully saturated rings. The van der Waals surface area contributed by atoms with Gasteiger partial charge in [0.2, 0.25) is 5.82 Å². The van der Waals surface area contributed by atoms with E-state index in [0.29, 0.717) is 11.6 Å². The van der Waals surface area contributed by atoms with Gasteiger partial charge in [0.1, 0.15) is 5.82 Å². The first-order valence-electron chi connectivity index (χ1n) is 3.52. The Balaban J connectivity index is 2.45. The van der Waals surface area contributed by atoms with Gasteiger partial charge >= 0.3 is 0 Å². The Labute approximate surface area is 68.9 Å². The molecule has 0 saturated heterocycles. The molecule has 0 saturated carbocycles. The van der Waals surface area contributed by atoms with Crippen molar-refractivity contribution in [3.05, 3.63) is 24.3 Å². The van der Waals surface area contributed by atoms with Gasteiger partial charge in [-0.2, -0.15) is 0 Å². The van der Waals surface area contributed by atoms with E-state index in [0.717, 1.165) is 5.82 Å². The van der Waals surface area contributed by atoms with E-state index in [1.54, 1.807) is 18.5 Å². The topological polar surface area (TPSA) is 67.3 Å². The molecule has 0 spiro atoms. The van der Waals surface area contributed by atoms with Gasteiger partial charge < -0.3 is 0 Å². The van der Waals surface area contributed by atoms with Gasteiger partial charge in [0.25, 0.3) is 0 Å². The zero-order valence-electron chi connectivity index (χ0n) is 6.52. The molecular formula is C7H7N5. The lowest BCUT2D eigenvalue weighted by Crippen LogP contribution is -1.88. The minimum Gasteiger partial charge on any atom is -0.263 e. The van der Waals surface area contributed by atoms with E-state index in [-0.39, 0.29) is 0 Å². The van der Waals surface area contributed by atoms with Gasteiger partial charge in [-0.15, -0.1) is 5.10 Å². The first kappa shape index (κ1) is 6.90. The highest BCUT2D eigenvalue weighted by atomic mass is 15.2. The summed E-state index contributed by atoms with van der Waals surface area (Å²) in [5, 5.41) is 6.65. The maximum Gasteiger partial charge on any atom is 0.218 e. The minimum absolute atomic E-state index is 0.535. The van der Waals surface area contributed by atoms with Crippen LogP contribution in [-0.4, -0.2) is 25.1 Å². The molecule has 0 bridgehead atoms. The van der Waals surface area contributed by atoms with Crippen LogP contribution >= 0.6 is 0 Å². The summed E-state index contributed by atoms with van der Waals surface area (Å²) < 4.78 is 0. The molecule has 12 heavy (non-hydrogen) atoms. The van der Waals surface area contributed by atoms with Crippen LogP contribution in [0.2, 0.25) is 0 Å². The first-order chi connectivity index (χ1) is 5.86. The number of hydrogen-bond donors (Lipinski definition) is 1. The number of H-pyrrole nitrogens is 1. The van der Waals surface area contributed by atoms with Crippen molar-refractivity contribution < 1.29 is 0 Å². The van der Waals surface area contributed by atoms with Crippen LogP contribution in [0.5, 0.6) is 0 Å². The number of nitrogens with zero attached hydrogens (tertiary/aromatic N) is 4. The van der Waals surface area contributed by atoms with Crippen LogP contribution in [0.25, 0.3) is 11.6 Å². The molecule has 60 valence electrons. The second-order valence-corrected chi connectivity index (χ2v) is 2.32. The van der Waals surface area contributed by atoms with Crippen LogP contribution < -0.4 is 0 Å². The third-order valence-corrected chi connectivity index (χ3v) is 1.36. The monoisotopic (exact) mass is 161 g/mol. The summed E-state index contributed by atoms with van der Waals surface area (Å²) in [4.78, 5) is 12.1. The maximum absolute atomic E-state index is 4.09. The Morgan fingerprint density at radius 1 is 1.17 bits per heavy atom. The van der Waals surface area contributed by atoms with Crippen molar-refractivity contribution >= 4 is 0 Å². The van der Waals surface area contributed by atoms with Crippen molar-refractivity contribution in [2.75, 3.05) is 0 Å². The molecule has 0 aliphatic carbocycles. The standard InChI is InChI=1S/C7H7N5/c1-5-10-7(12-11-5)6-8-3-2-4-9-6/h2-4H,1H3,(H,10,11,12). The zero-order valence-corrected chi connectivity index (χ0v) is 6.52. The molecule has 5 nitrogen and oxygen atoms in total. The van der Waals surface area contributed by atoms with Crippen molar-refractivity contribution in [1.29, 1.82) is 0 Å². The average Bonchev–Trinajstić information content (AvgIpc) is 2.54. The summed E-state index contributed by atoms with van der Waals surface area (Å²) in [6.45, 7) is 1.83. The van der Waals surface area contributed by atoms with Crippen LogP contribution in [0.3, 0.4) is 0 Å². The fraction of sp³-hybridized carbons (Fsp3) is 0.143. The van der Waals surface area contributed by atoms with Gasteiger partial charge in [-0.3, -0.25) is 5.10 Å². The smallest absolute Gasteiger partial charge is 0.218 e. The number of aryl methyl sites for hydroxylation is 1. The molecule has 0 radical (unpaired) electrons. The molecule has 0 aliphatic rings. The highest BCUT2D eigenvalue weighted by Crippen LogP contribution is 2.05. The molecule has 5 heteroatoms. The van der Waals surface area contributed by atoms with Crippen LogP contribution in [0.15, 0.2) is 18.5 Å². The predicted molar refractivity (Wildman–Crippen MR) is 42.1 cm³/mol. The van der Waals surface area contributed by atoms with E-state index in [4.69, 9.17) is 0 Å². The summed E-state index contributed by atoms with van der Waals surface area (Å²) >= 11 is 0. The Bertz CT molecular complexity index is 366. The van der Waals surface area contributed by atoms with Crippen molar-refractivity contribution in [2.24, 2.45) is 0 Å². The molecule has 0 aliphatic heterocycles. The molecule has 0 unspecified atom stereocenters. The van der Waals surface area contributed by atoms with E-state index in [9.17, 15) is 0 Å². The lowest BCUT2D eigenvalue weighted by atomic mass is 10.5. The summed E-state index contributed by atoms with van der Waals surface area (Å²) in [6, 6.07) is 1.75. The Morgan fingerprint density at radius 3 is 2.50 bits per heavy atom. The SMILES string of the molecule is Cc1nc(-c2ncccn2)n[nH]1. The molecule has 2 aromatic heterocycles. The van der Waals surface area contributed by atoms with E-state index in [1.807, 2.05) is 6.92 Å². The van der Waals surface area contributed by atoms with Crippen molar-refractivity contribution in [2.45, 2.75) is 6.92 Å². The van der Waals surface area contributed by atoms with E-state index >= 15 is 0 Å². The van der Waals surface area contributed by atoms with Crippen molar-refractivity contribution in [1.82, 2.24) is 25.1 Å². The predicted octanol–water partition coefficient (Wildman–Crippen LogP) is 0.570. The van der Waals surface area contributed by atoms with Crippen molar-refractivity contribution in [3.63, 3.8) is 0 Å². The first-order valence-corrected chi connectivity index (χ1v) is 3.52. The number of aromatic nitrogens is 5. The molecule has 2 heterocycles. The lowest BCUT2D eigenvalue weighted by molar-refractivity contribution is 1.03. The second kappa shape index (κ2) is 2.69. The molecule has 0 amide bonds. The highest BCUT2D eigenvalue weighted by molar-refractivity contribution is 5.40. The van der Waals surface area contributed by atoms with E-state index in [2.05, 4.69) is 25.1 Å². The van der Waals surface area contributed by atoms with Gasteiger partial charge in [-0.1, -0.05) is 0 Å². The van der Waals surface area contributed by atoms with Crippen LogP contribution in [0, 0.1) is 6.92 Å². The fourth-order valence-corrected chi connectivity index (χ4v) is 0.857. The Morgan fingerprint density at radius 2 is 1.92 bits per heavy atom. The maximum atomic E-state index is 4.09. The summed E-state index contributed by atoms with van der Waals surface area (Å²) in [7, 11) is 0. The van der Waals surface area contributed by atoms with E-state index in [1.165, 1.54) is 0 Å². The normalized spacial score (nSPS) is 10.1. The van der Waals surface area contributed by atoms with Crippen LogP contribution in [0.1, 0.15) is 5.82 Å². The fourth-order valence-electron chi connectivity index (χ4n) is 0.857. The average molecular weight is 161 g/mol. The molecule has 2 rings (SSSR count). The van der Waals surface area contributed by atoms with Crippen molar-refractivity contribution in [3.8, 4) is 11.6 Å². The van der Waals surface area contributed by atoms with Gasteiger partial charge in [0, 0.05) is 12.4 Å². The number of aromatic amines is 1. The Hall–Kier alpha value is -1.78. The van der Waals surface area contributed by atoms with Crippen LogP contribution in [-0.2, 0) is 0 Å². The molecule has 2 aromatic rings. The lowest BCUT2D eigenvalue weighted by Gasteiger charge is -1.88.